The van der Waals surface area contributed by atoms with Crippen LogP contribution in [0.3, 0.4) is 0 Å². The van der Waals surface area contributed by atoms with Gasteiger partial charge in [-0.05, 0) is 42.6 Å². The molecular weight excluding hydrogens is 221 g/mol. The number of ether oxygens (including phenoxy) is 2. The molecule has 1 saturated heterocycles. The number of rotatable bonds is 4. The number of benzene rings is 1. The van der Waals surface area contributed by atoms with Crippen molar-refractivity contribution in [3.8, 4) is 5.75 Å². The van der Waals surface area contributed by atoms with Gasteiger partial charge in [0.15, 0.2) is 11.6 Å². The molecular formula is C13H18FNO2. The van der Waals surface area contributed by atoms with Crippen molar-refractivity contribution >= 4 is 0 Å². The van der Waals surface area contributed by atoms with E-state index < -0.39 is 0 Å². The van der Waals surface area contributed by atoms with E-state index in [1.165, 1.54) is 7.11 Å². The molecule has 0 spiro atoms. The van der Waals surface area contributed by atoms with E-state index in [1.54, 1.807) is 19.2 Å². The molecule has 1 atom stereocenters. The van der Waals surface area contributed by atoms with Crippen LogP contribution in [0.15, 0.2) is 12.1 Å². The van der Waals surface area contributed by atoms with Crippen LogP contribution in [0.2, 0.25) is 0 Å². The highest BCUT2D eigenvalue weighted by Crippen LogP contribution is 2.31. The van der Waals surface area contributed by atoms with E-state index in [1.807, 2.05) is 0 Å². The van der Waals surface area contributed by atoms with Crippen molar-refractivity contribution in [3.63, 3.8) is 0 Å². The summed E-state index contributed by atoms with van der Waals surface area (Å²) in [5.41, 5.74) is 1.98. The molecule has 1 aromatic carbocycles. The summed E-state index contributed by atoms with van der Waals surface area (Å²) in [6.45, 7) is 1.47. The maximum atomic E-state index is 13.7. The average molecular weight is 239 g/mol. The molecule has 1 unspecified atom stereocenters. The minimum Gasteiger partial charge on any atom is -0.494 e. The van der Waals surface area contributed by atoms with Crippen molar-refractivity contribution < 1.29 is 13.9 Å². The van der Waals surface area contributed by atoms with Crippen LogP contribution in [0.5, 0.6) is 5.75 Å². The van der Waals surface area contributed by atoms with Crippen LogP contribution in [0.4, 0.5) is 4.39 Å². The van der Waals surface area contributed by atoms with Gasteiger partial charge in [-0.2, -0.15) is 0 Å². The number of nitrogens with one attached hydrogen (secondary N) is 1. The van der Waals surface area contributed by atoms with Gasteiger partial charge in [0.1, 0.15) is 0 Å². The van der Waals surface area contributed by atoms with Gasteiger partial charge >= 0.3 is 0 Å². The number of methoxy groups -OCH3 is 2. The third-order valence-corrected chi connectivity index (χ3v) is 3.15. The Labute approximate surface area is 101 Å². The second-order valence-electron chi connectivity index (χ2n) is 4.27. The third-order valence-electron chi connectivity index (χ3n) is 3.15. The highest BCUT2D eigenvalue weighted by Gasteiger charge is 2.21. The molecule has 1 heterocycles. The molecule has 1 aliphatic heterocycles. The zero-order chi connectivity index (χ0) is 12.3. The second-order valence-corrected chi connectivity index (χ2v) is 4.27. The molecule has 1 fully saturated rings. The van der Waals surface area contributed by atoms with Crippen LogP contribution >= 0.6 is 0 Å². The van der Waals surface area contributed by atoms with Crippen LogP contribution < -0.4 is 10.1 Å². The summed E-state index contributed by atoms with van der Waals surface area (Å²) in [6, 6.07) is 3.53. The molecule has 17 heavy (non-hydrogen) atoms. The molecule has 0 radical (unpaired) electrons. The van der Waals surface area contributed by atoms with Crippen LogP contribution in [-0.4, -0.2) is 20.8 Å². The van der Waals surface area contributed by atoms with Crippen molar-refractivity contribution in [1.82, 2.24) is 5.32 Å². The minimum atomic E-state index is -0.309. The SMILES string of the molecule is COCc1cc(OC)c(F)cc1C1CCCN1. The van der Waals surface area contributed by atoms with Gasteiger partial charge in [-0.15, -0.1) is 0 Å². The minimum absolute atomic E-state index is 0.237. The van der Waals surface area contributed by atoms with Crippen LogP contribution in [0.25, 0.3) is 0 Å². The molecule has 0 saturated carbocycles. The van der Waals surface area contributed by atoms with Crippen molar-refractivity contribution in [2.45, 2.75) is 25.5 Å². The van der Waals surface area contributed by atoms with E-state index in [9.17, 15) is 4.39 Å². The Morgan fingerprint density at radius 2 is 2.24 bits per heavy atom. The molecule has 0 aliphatic carbocycles. The van der Waals surface area contributed by atoms with E-state index >= 15 is 0 Å². The summed E-state index contributed by atoms with van der Waals surface area (Å²) >= 11 is 0. The van der Waals surface area contributed by atoms with Gasteiger partial charge in [-0.1, -0.05) is 0 Å². The molecule has 1 N–H and O–H groups in total. The Hall–Kier alpha value is -1.13. The average Bonchev–Trinajstić information content (AvgIpc) is 2.84. The molecule has 0 amide bonds. The lowest BCUT2D eigenvalue weighted by atomic mass is 9.99. The van der Waals surface area contributed by atoms with E-state index in [0.717, 1.165) is 30.5 Å². The molecule has 94 valence electrons. The molecule has 3 nitrogen and oxygen atoms in total. The van der Waals surface area contributed by atoms with Crippen molar-refractivity contribution in [2.24, 2.45) is 0 Å². The molecule has 1 aliphatic rings. The van der Waals surface area contributed by atoms with E-state index in [2.05, 4.69) is 5.32 Å². The summed E-state index contributed by atoms with van der Waals surface area (Å²) in [4.78, 5) is 0. The fourth-order valence-electron chi connectivity index (χ4n) is 2.32. The standard InChI is InChI=1S/C13H18FNO2/c1-16-8-9-6-13(17-2)11(14)7-10(9)12-4-3-5-15-12/h6-7,12,15H,3-5,8H2,1-2H3. The highest BCUT2D eigenvalue weighted by atomic mass is 19.1. The van der Waals surface area contributed by atoms with Gasteiger partial charge < -0.3 is 14.8 Å². The first-order valence-corrected chi connectivity index (χ1v) is 5.85. The fraction of sp³-hybridized carbons (Fsp3) is 0.538. The Bertz CT molecular complexity index is 389. The summed E-state index contributed by atoms with van der Waals surface area (Å²) < 4.78 is 23.9. The summed E-state index contributed by atoms with van der Waals surface area (Å²) in [6.07, 6.45) is 2.17. The topological polar surface area (TPSA) is 30.5 Å². The van der Waals surface area contributed by atoms with Crippen LogP contribution in [0.1, 0.15) is 30.0 Å². The Morgan fingerprint density at radius 1 is 1.41 bits per heavy atom. The number of hydrogen-bond donors (Lipinski definition) is 1. The quantitative estimate of drug-likeness (QED) is 0.875. The first-order chi connectivity index (χ1) is 8.26. The zero-order valence-electron chi connectivity index (χ0n) is 10.3. The zero-order valence-corrected chi connectivity index (χ0v) is 10.3. The largest absolute Gasteiger partial charge is 0.494 e. The maximum Gasteiger partial charge on any atom is 0.165 e. The fourth-order valence-corrected chi connectivity index (χ4v) is 2.32. The van der Waals surface area contributed by atoms with Crippen molar-refractivity contribution in [1.29, 1.82) is 0 Å². The number of halogens is 1. The van der Waals surface area contributed by atoms with Crippen LogP contribution in [-0.2, 0) is 11.3 Å². The molecule has 0 bridgehead atoms. The summed E-state index contributed by atoms with van der Waals surface area (Å²) in [7, 11) is 3.12. The Morgan fingerprint density at radius 3 is 2.82 bits per heavy atom. The van der Waals surface area contributed by atoms with Gasteiger partial charge in [0.05, 0.1) is 13.7 Å². The molecule has 0 aromatic heterocycles. The third kappa shape index (κ3) is 2.58. The summed E-state index contributed by atoms with van der Waals surface area (Å²) in [5.74, 6) is -0.0325. The van der Waals surface area contributed by atoms with Gasteiger partial charge in [-0.25, -0.2) is 4.39 Å². The predicted molar refractivity (Wildman–Crippen MR) is 63.6 cm³/mol. The highest BCUT2D eigenvalue weighted by molar-refractivity contribution is 5.39. The van der Waals surface area contributed by atoms with Gasteiger partial charge in [-0.3, -0.25) is 0 Å². The summed E-state index contributed by atoms with van der Waals surface area (Å²) in [5, 5.41) is 3.37. The van der Waals surface area contributed by atoms with E-state index in [-0.39, 0.29) is 17.6 Å². The molecule has 1 aromatic rings. The molecule has 2 rings (SSSR count). The maximum absolute atomic E-state index is 13.7. The van der Waals surface area contributed by atoms with Gasteiger partial charge in [0, 0.05) is 13.2 Å². The normalized spacial score (nSPS) is 19.6. The van der Waals surface area contributed by atoms with E-state index in [0.29, 0.717) is 6.61 Å². The second kappa shape index (κ2) is 5.47. The number of hydrogen-bond acceptors (Lipinski definition) is 3. The lowest BCUT2D eigenvalue weighted by Gasteiger charge is -2.17. The first-order valence-electron chi connectivity index (χ1n) is 5.85. The van der Waals surface area contributed by atoms with Gasteiger partial charge in [0.2, 0.25) is 0 Å². The first kappa shape index (κ1) is 12.3. The Balaban J connectivity index is 2.37. The Kier molecular flexibility index (Phi) is 3.97. The van der Waals surface area contributed by atoms with E-state index in [4.69, 9.17) is 9.47 Å². The van der Waals surface area contributed by atoms with Crippen molar-refractivity contribution in [2.75, 3.05) is 20.8 Å². The predicted octanol–water partition coefficient (Wildman–Crippen LogP) is 2.41. The lowest BCUT2D eigenvalue weighted by molar-refractivity contribution is 0.183. The van der Waals surface area contributed by atoms with Crippen LogP contribution in [0, 0.1) is 5.82 Å². The monoisotopic (exact) mass is 239 g/mol. The lowest BCUT2D eigenvalue weighted by Crippen LogP contribution is -2.15. The van der Waals surface area contributed by atoms with Crippen molar-refractivity contribution in [3.05, 3.63) is 29.1 Å². The molecule has 4 heteroatoms. The smallest absolute Gasteiger partial charge is 0.165 e. The van der Waals surface area contributed by atoms with Gasteiger partial charge in [0.25, 0.3) is 0 Å².